The molecule has 0 aliphatic carbocycles. The Labute approximate surface area is 227 Å². The van der Waals surface area contributed by atoms with E-state index in [9.17, 15) is 15.0 Å². The van der Waals surface area contributed by atoms with Crippen LogP contribution in [0.15, 0.2) is 47.6 Å². The van der Waals surface area contributed by atoms with Crippen LogP contribution in [0.4, 0.5) is 5.69 Å². The lowest BCUT2D eigenvalue weighted by Crippen LogP contribution is -2.37. The van der Waals surface area contributed by atoms with Crippen molar-refractivity contribution in [2.75, 3.05) is 33.8 Å². The molecule has 212 valence electrons. The summed E-state index contributed by atoms with van der Waals surface area (Å²) in [5.74, 6) is -0.0646. The number of aliphatic hydroxyl groups is 2. The molecule has 1 heterocycles. The van der Waals surface area contributed by atoms with E-state index >= 15 is 0 Å². The normalized spacial score (nSPS) is 33.4. The molecule has 1 aromatic carbocycles. The van der Waals surface area contributed by atoms with Crippen molar-refractivity contribution in [3.05, 3.63) is 58.7 Å². The van der Waals surface area contributed by atoms with Gasteiger partial charge < -0.3 is 34.5 Å². The third-order valence-corrected chi connectivity index (χ3v) is 7.41. The standard InChI is InChI=1S/C30H45NO7/c1-17-11-10-12-25(36-7)28(33)18(2)13-20(4)29(38-9)26(37-8)14-19(3)27(32)23-15-22(35-6)16-24(21(23)5)31-30(17)34/h10-13,15-16,19-20,25-29,32-33H,14H2,1-9H3,(H,31,34)/b12-10-,17-11+,18-13+/t19-,20-,25-,26-,27+,28-,29+/m0/s1. The molecule has 0 radical (unpaired) electrons. The molecule has 7 atom stereocenters. The molecule has 0 saturated carbocycles. The minimum Gasteiger partial charge on any atom is -0.497 e. The van der Waals surface area contributed by atoms with Crippen LogP contribution in [0.2, 0.25) is 0 Å². The highest BCUT2D eigenvalue weighted by molar-refractivity contribution is 6.04. The van der Waals surface area contributed by atoms with E-state index in [0.29, 0.717) is 29.0 Å². The zero-order valence-corrected chi connectivity index (χ0v) is 24.1. The number of allylic oxidation sites excluding steroid dienone is 2. The molecular weight excluding hydrogens is 486 g/mol. The Hall–Kier alpha value is -2.49. The number of anilines is 1. The van der Waals surface area contributed by atoms with Gasteiger partial charge in [0.25, 0.3) is 5.91 Å². The molecule has 1 amide bonds. The quantitative estimate of drug-likeness (QED) is 0.491. The molecular formula is C30H45NO7. The predicted octanol–water partition coefficient (Wildman–Crippen LogP) is 4.51. The number of fused-ring (bicyclic) bond motifs is 2. The van der Waals surface area contributed by atoms with Crippen LogP contribution in [-0.4, -0.2) is 69.0 Å². The van der Waals surface area contributed by atoms with Gasteiger partial charge in [0.2, 0.25) is 0 Å². The monoisotopic (exact) mass is 531 g/mol. The van der Waals surface area contributed by atoms with Crippen LogP contribution < -0.4 is 10.1 Å². The third-order valence-electron chi connectivity index (χ3n) is 7.41. The summed E-state index contributed by atoms with van der Waals surface area (Å²) in [4.78, 5) is 13.0. The molecule has 1 aliphatic rings. The van der Waals surface area contributed by atoms with Crippen molar-refractivity contribution in [1.29, 1.82) is 0 Å². The summed E-state index contributed by atoms with van der Waals surface area (Å²) in [6.45, 7) is 9.39. The van der Waals surface area contributed by atoms with Crippen molar-refractivity contribution in [2.24, 2.45) is 11.8 Å². The molecule has 0 unspecified atom stereocenters. The van der Waals surface area contributed by atoms with E-state index < -0.39 is 18.3 Å². The van der Waals surface area contributed by atoms with Gasteiger partial charge in [-0.25, -0.2) is 0 Å². The van der Waals surface area contributed by atoms with Gasteiger partial charge in [-0.05, 0) is 55.9 Å². The maximum absolute atomic E-state index is 13.0. The molecule has 1 aliphatic heterocycles. The van der Waals surface area contributed by atoms with Gasteiger partial charge >= 0.3 is 0 Å². The number of carbonyl (C=O) groups excluding carboxylic acids is 1. The predicted molar refractivity (Wildman–Crippen MR) is 149 cm³/mol. The lowest BCUT2D eigenvalue weighted by molar-refractivity contribution is -0.112. The van der Waals surface area contributed by atoms with Crippen LogP contribution >= 0.6 is 0 Å². The van der Waals surface area contributed by atoms with E-state index in [2.05, 4.69) is 5.32 Å². The van der Waals surface area contributed by atoms with Gasteiger partial charge in [0.15, 0.2) is 0 Å². The Balaban J connectivity index is 2.63. The van der Waals surface area contributed by atoms with Gasteiger partial charge in [-0.1, -0.05) is 38.2 Å². The fourth-order valence-corrected chi connectivity index (χ4v) is 4.92. The van der Waals surface area contributed by atoms with Crippen LogP contribution in [0.3, 0.4) is 0 Å². The summed E-state index contributed by atoms with van der Waals surface area (Å²) in [6.07, 6.45) is 4.59. The lowest BCUT2D eigenvalue weighted by atomic mass is 9.85. The van der Waals surface area contributed by atoms with Gasteiger partial charge in [0.1, 0.15) is 18.0 Å². The number of methoxy groups -OCH3 is 4. The molecule has 2 rings (SSSR count). The van der Waals surface area contributed by atoms with E-state index in [-0.39, 0.29) is 30.0 Å². The van der Waals surface area contributed by atoms with E-state index in [1.165, 1.54) is 7.11 Å². The molecule has 0 saturated heterocycles. The topological polar surface area (TPSA) is 106 Å². The smallest absolute Gasteiger partial charge is 0.251 e. The fraction of sp³-hybridized carbons (Fsp3) is 0.567. The fourth-order valence-electron chi connectivity index (χ4n) is 4.92. The average molecular weight is 532 g/mol. The zero-order chi connectivity index (χ0) is 28.6. The number of amides is 1. The Morgan fingerprint density at radius 2 is 1.63 bits per heavy atom. The summed E-state index contributed by atoms with van der Waals surface area (Å²) < 4.78 is 22.7. The van der Waals surface area contributed by atoms with Gasteiger partial charge in [0.05, 0.1) is 25.4 Å². The second-order valence-corrected chi connectivity index (χ2v) is 10.1. The molecule has 1 aromatic rings. The van der Waals surface area contributed by atoms with Crippen LogP contribution in [0.1, 0.15) is 51.3 Å². The number of hydrogen-bond donors (Lipinski definition) is 3. The second-order valence-electron chi connectivity index (χ2n) is 10.1. The van der Waals surface area contributed by atoms with Gasteiger partial charge in [0, 0.05) is 44.6 Å². The number of carbonyl (C=O) groups is 1. The van der Waals surface area contributed by atoms with Crippen LogP contribution in [0.5, 0.6) is 5.75 Å². The van der Waals surface area contributed by atoms with Crippen molar-refractivity contribution >= 4 is 11.6 Å². The van der Waals surface area contributed by atoms with Gasteiger partial charge in [-0.15, -0.1) is 0 Å². The van der Waals surface area contributed by atoms with E-state index in [4.69, 9.17) is 18.9 Å². The third kappa shape index (κ3) is 7.77. The van der Waals surface area contributed by atoms with Crippen LogP contribution in [0, 0.1) is 18.8 Å². The Morgan fingerprint density at radius 1 is 0.947 bits per heavy atom. The number of ether oxygens (including phenoxy) is 4. The van der Waals surface area contributed by atoms with Crippen LogP contribution in [0.25, 0.3) is 0 Å². The first-order valence-corrected chi connectivity index (χ1v) is 13.0. The highest BCUT2D eigenvalue weighted by Crippen LogP contribution is 2.36. The van der Waals surface area contributed by atoms with Crippen molar-refractivity contribution in [3.63, 3.8) is 0 Å². The maximum atomic E-state index is 13.0. The minimum absolute atomic E-state index is 0.0957. The number of rotatable bonds is 4. The second kappa shape index (κ2) is 14.6. The van der Waals surface area contributed by atoms with Crippen molar-refractivity contribution in [2.45, 2.75) is 71.6 Å². The van der Waals surface area contributed by atoms with Gasteiger partial charge in [-0.2, -0.15) is 0 Å². The molecule has 2 bridgehead atoms. The zero-order valence-electron chi connectivity index (χ0n) is 24.1. The SMILES string of the molecule is COc1cc2c(C)c(c1)[C@H](O)[C@@H](C)C[C@H](OC)[C@H](OC)[C@@H](C)/C=C(\C)[C@H](O)[C@@H](OC)/C=C\C=C(/C)C(=O)N2. The average Bonchev–Trinajstić information content (AvgIpc) is 2.90. The summed E-state index contributed by atoms with van der Waals surface area (Å²) >= 11 is 0. The van der Waals surface area contributed by atoms with Crippen LogP contribution in [-0.2, 0) is 19.0 Å². The number of benzene rings is 1. The van der Waals surface area contributed by atoms with Crippen molar-refractivity contribution in [3.8, 4) is 5.75 Å². The summed E-state index contributed by atoms with van der Waals surface area (Å²) in [7, 11) is 6.35. The number of hydrogen-bond acceptors (Lipinski definition) is 7. The van der Waals surface area contributed by atoms with E-state index in [0.717, 1.165) is 11.1 Å². The molecule has 0 aromatic heterocycles. The van der Waals surface area contributed by atoms with Gasteiger partial charge in [-0.3, -0.25) is 4.79 Å². The summed E-state index contributed by atoms with van der Waals surface area (Å²) in [5, 5.41) is 25.3. The van der Waals surface area contributed by atoms with Crippen molar-refractivity contribution < 1.29 is 34.0 Å². The Morgan fingerprint density at radius 3 is 2.21 bits per heavy atom. The summed E-state index contributed by atoms with van der Waals surface area (Å²) in [6, 6.07) is 3.54. The molecule has 0 fully saturated rings. The Kier molecular flexibility index (Phi) is 12.2. The minimum atomic E-state index is -0.890. The molecule has 8 nitrogen and oxygen atoms in total. The first-order chi connectivity index (χ1) is 18.0. The maximum Gasteiger partial charge on any atom is 0.251 e. The molecule has 8 heteroatoms. The number of aliphatic hydroxyl groups excluding tert-OH is 2. The van der Waals surface area contributed by atoms with Crippen molar-refractivity contribution in [1.82, 2.24) is 0 Å². The molecule has 0 spiro atoms. The van der Waals surface area contributed by atoms with E-state index in [1.54, 1.807) is 58.6 Å². The number of nitrogens with one attached hydrogen (secondary N) is 1. The largest absolute Gasteiger partial charge is 0.497 e. The summed E-state index contributed by atoms with van der Waals surface area (Å²) in [5.41, 5.74) is 3.18. The first-order valence-electron chi connectivity index (χ1n) is 13.0. The highest BCUT2D eigenvalue weighted by Gasteiger charge is 2.31. The lowest BCUT2D eigenvalue weighted by Gasteiger charge is -2.32. The first kappa shape index (κ1) is 31.7. The van der Waals surface area contributed by atoms with E-state index in [1.807, 2.05) is 33.8 Å². The Bertz CT molecular complexity index is 1030. The highest BCUT2D eigenvalue weighted by atomic mass is 16.5. The molecule has 38 heavy (non-hydrogen) atoms. The molecule has 3 N–H and O–H groups in total.